The second-order valence-corrected chi connectivity index (χ2v) is 1.60. The average Bonchev–Trinajstić information content (AvgIpc) is 1.90. The maximum atomic E-state index is 7.10. The molecule has 0 saturated heterocycles. The Labute approximate surface area is 50.8 Å². The average molecular weight is 108 g/mol. The number of nitrogens with zero attached hydrogens (tertiary/aromatic N) is 1. The number of aryl methyl sites for hydroxylation is 1. The van der Waals surface area contributed by atoms with Crippen LogP contribution in [0.3, 0.4) is 0 Å². The Morgan fingerprint density at radius 3 is 3.25 bits per heavy atom. The van der Waals surface area contributed by atoms with Gasteiger partial charge in [-0.2, -0.15) is 0 Å². The van der Waals surface area contributed by atoms with Crippen molar-refractivity contribution in [2.45, 2.75) is 13.3 Å². The summed E-state index contributed by atoms with van der Waals surface area (Å²) in [5, 5.41) is 0. The van der Waals surface area contributed by atoms with E-state index in [0.29, 0.717) is 6.04 Å². The maximum absolute atomic E-state index is 7.10. The van der Waals surface area contributed by atoms with Crippen LogP contribution < -0.4 is 0 Å². The molecule has 1 heteroatoms. The lowest BCUT2D eigenvalue weighted by molar-refractivity contribution is 1.04. The van der Waals surface area contributed by atoms with Gasteiger partial charge in [0, 0.05) is 11.9 Å². The first-order valence-corrected chi connectivity index (χ1v) is 2.74. The van der Waals surface area contributed by atoms with Gasteiger partial charge in [0.1, 0.15) is 0 Å². The van der Waals surface area contributed by atoms with Crippen LogP contribution in [0.4, 0.5) is 0 Å². The van der Waals surface area contributed by atoms with Gasteiger partial charge in [0.15, 0.2) is 0 Å². The molecule has 0 saturated carbocycles. The van der Waals surface area contributed by atoms with E-state index in [4.69, 9.17) is 1.37 Å². The molecule has 1 rings (SSSR count). The first kappa shape index (κ1) is 4.07. The molecule has 0 radical (unpaired) electrons. The number of pyridine rings is 1. The van der Waals surface area contributed by atoms with Gasteiger partial charge in [-0.15, -0.1) is 0 Å². The minimum atomic E-state index is 0.479. The first-order chi connectivity index (χ1) is 4.33. The van der Waals surface area contributed by atoms with E-state index in [9.17, 15) is 0 Å². The topological polar surface area (TPSA) is 12.9 Å². The van der Waals surface area contributed by atoms with Crippen LogP contribution in [0.25, 0.3) is 0 Å². The summed E-state index contributed by atoms with van der Waals surface area (Å²) in [7, 11) is 0. The van der Waals surface area contributed by atoms with Crippen LogP contribution in [0.2, 0.25) is 0 Å². The smallest absolute Gasteiger partial charge is 0.0639 e. The lowest BCUT2D eigenvalue weighted by atomic mass is 10.3. The number of aromatic nitrogens is 1. The maximum Gasteiger partial charge on any atom is 0.0639 e. The summed E-state index contributed by atoms with van der Waals surface area (Å²) >= 11 is 0. The van der Waals surface area contributed by atoms with E-state index < -0.39 is 0 Å². The van der Waals surface area contributed by atoms with E-state index in [0.717, 1.165) is 12.1 Å². The molecule has 1 nitrogen and oxygen atoms in total. The van der Waals surface area contributed by atoms with Crippen molar-refractivity contribution in [2.75, 3.05) is 0 Å². The molecule has 0 atom stereocenters. The van der Waals surface area contributed by atoms with Crippen molar-refractivity contribution in [3.63, 3.8) is 0 Å². The lowest BCUT2D eigenvalue weighted by Crippen LogP contribution is -1.81. The molecule has 0 aliphatic carbocycles. The highest BCUT2D eigenvalue weighted by atomic mass is 14.6. The Morgan fingerprint density at radius 2 is 2.75 bits per heavy atom. The molecule has 8 heavy (non-hydrogen) atoms. The SMILES string of the molecule is [2H]c1ccc(CC)nc1. The highest BCUT2D eigenvalue weighted by molar-refractivity contribution is 5.02. The summed E-state index contributed by atoms with van der Waals surface area (Å²) < 4.78 is 7.10. The van der Waals surface area contributed by atoms with Crippen LogP contribution in [-0.4, -0.2) is 4.98 Å². The summed E-state index contributed by atoms with van der Waals surface area (Å²) in [5.74, 6) is 0. The Balaban J connectivity index is 2.88. The predicted octanol–water partition coefficient (Wildman–Crippen LogP) is 1.64. The highest BCUT2D eigenvalue weighted by Gasteiger charge is 1.81. The van der Waals surface area contributed by atoms with Crippen LogP contribution in [0.5, 0.6) is 0 Å². The van der Waals surface area contributed by atoms with Crippen molar-refractivity contribution < 1.29 is 1.37 Å². The van der Waals surface area contributed by atoms with Gasteiger partial charge in [0.2, 0.25) is 0 Å². The number of rotatable bonds is 1. The zero-order chi connectivity index (χ0) is 6.69. The lowest BCUT2D eigenvalue weighted by Gasteiger charge is -1.88. The third-order valence-corrected chi connectivity index (χ3v) is 1.04. The quantitative estimate of drug-likeness (QED) is 0.533. The van der Waals surface area contributed by atoms with Crippen molar-refractivity contribution in [3.05, 3.63) is 30.1 Å². The monoisotopic (exact) mass is 108 g/mol. The highest BCUT2D eigenvalue weighted by Crippen LogP contribution is 1.91. The fourth-order valence-electron chi connectivity index (χ4n) is 0.560. The fourth-order valence-corrected chi connectivity index (χ4v) is 0.560. The second kappa shape index (κ2) is 2.46. The summed E-state index contributed by atoms with van der Waals surface area (Å²) in [6.45, 7) is 2.05. The van der Waals surface area contributed by atoms with Gasteiger partial charge in [-0.25, -0.2) is 0 Å². The van der Waals surface area contributed by atoms with Gasteiger partial charge < -0.3 is 0 Å². The molecule has 42 valence electrons. The third-order valence-electron chi connectivity index (χ3n) is 1.04. The van der Waals surface area contributed by atoms with Gasteiger partial charge in [0.05, 0.1) is 1.37 Å². The molecule has 1 aromatic heterocycles. The molecular weight excluding hydrogens is 98.1 g/mol. The third kappa shape index (κ3) is 1.06. The van der Waals surface area contributed by atoms with Crippen LogP contribution in [0.1, 0.15) is 14.0 Å². The molecule has 0 aliphatic rings. The first-order valence-electron chi connectivity index (χ1n) is 3.24. The van der Waals surface area contributed by atoms with Crippen LogP contribution in [-0.2, 0) is 6.42 Å². The molecule has 0 N–H and O–H groups in total. The van der Waals surface area contributed by atoms with Crippen molar-refractivity contribution in [1.29, 1.82) is 0 Å². The molecule has 0 aliphatic heterocycles. The van der Waals surface area contributed by atoms with Gasteiger partial charge in [-0.1, -0.05) is 13.0 Å². The zero-order valence-electron chi connectivity index (χ0n) is 5.89. The van der Waals surface area contributed by atoms with E-state index in [-0.39, 0.29) is 0 Å². The van der Waals surface area contributed by atoms with E-state index in [1.54, 1.807) is 12.3 Å². The largest absolute Gasteiger partial charge is 0.261 e. The molecule has 1 aromatic rings. The fraction of sp³-hybridized carbons (Fsp3) is 0.286. The summed E-state index contributed by atoms with van der Waals surface area (Å²) in [4.78, 5) is 4.01. The molecular formula is C7H9N. The van der Waals surface area contributed by atoms with Crippen molar-refractivity contribution in [2.24, 2.45) is 0 Å². The molecule has 0 unspecified atom stereocenters. The van der Waals surface area contributed by atoms with Crippen molar-refractivity contribution >= 4 is 0 Å². The summed E-state index contributed by atoms with van der Waals surface area (Å²) in [5.41, 5.74) is 1.05. The molecule has 0 fully saturated rings. The Kier molecular flexibility index (Phi) is 1.25. The normalized spacial score (nSPS) is 10.9. The summed E-state index contributed by atoms with van der Waals surface area (Å²) in [6.07, 6.45) is 2.51. The minimum Gasteiger partial charge on any atom is -0.261 e. The summed E-state index contributed by atoms with van der Waals surface area (Å²) in [6, 6.07) is 4.11. The van der Waals surface area contributed by atoms with E-state index in [2.05, 4.69) is 4.98 Å². The van der Waals surface area contributed by atoms with Gasteiger partial charge in [-0.3, -0.25) is 4.98 Å². The zero-order valence-corrected chi connectivity index (χ0v) is 4.89. The Hall–Kier alpha value is -0.850. The predicted molar refractivity (Wildman–Crippen MR) is 33.6 cm³/mol. The van der Waals surface area contributed by atoms with Gasteiger partial charge in [-0.05, 0) is 18.5 Å². The van der Waals surface area contributed by atoms with Crippen LogP contribution in [0, 0.1) is 0 Å². The number of hydrogen-bond donors (Lipinski definition) is 0. The minimum absolute atomic E-state index is 0.479. The van der Waals surface area contributed by atoms with Crippen LogP contribution >= 0.6 is 0 Å². The van der Waals surface area contributed by atoms with E-state index >= 15 is 0 Å². The van der Waals surface area contributed by atoms with Crippen molar-refractivity contribution in [1.82, 2.24) is 4.98 Å². The molecule has 1 heterocycles. The van der Waals surface area contributed by atoms with E-state index in [1.807, 2.05) is 13.0 Å². The van der Waals surface area contributed by atoms with E-state index in [1.165, 1.54) is 0 Å². The molecule has 0 amide bonds. The molecule has 0 aromatic carbocycles. The van der Waals surface area contributed by atoms with Gasteiger partial charge >= 0.3 is 0 Å². The van der Waals surface area contributed by atoms with Crippen molar-refractivity contribution in [3.8, 4) is 0 Å². The van der Waals surface area contributed by atoms with Gasteiger partial charge in [0.25, 0.3) is 0 Å². The molecule has 0 bridgehead atoms. The Morgan fingerprint density at radius 1 is 1.88 bits per heavy atom. The molecule has 0 spiro atoms. The Bertz CT molecular complexity index is 181. The van der Waals surface area contributed by atoms with Crippen LogP contribution in [0.15, 0.2) is 24.4 Å². The second-order valence-electron chi connectivity index (χ2n) is 1.60. The standard InChI is InChI=1S/C7H9N/c1-2-7-5-3-4-6-8-7/h3-6H,2H2,1H3/i4D. The number of hydrogen-bond acceptors (Lipinski definition) is 1.